The first-order valence-electron chi connectivity index (χ1n) is 12.2. The standard InChI is InChI=1S/C33H29ClN2/c1-33(2,3)28-19-17-27(18-20-28)32-23-31(35-36(32)30-7-5-4-6-8-30)26-15-11-24(12-16-26)9-10-25-13-21-29(34)22-14-25/h4-8,11-23,32,35H,1-3H3. The normalized spacial score (nSPS) is 15.1. The number of hydrogen-bond donors (Lipinski definition) is 1. The predicted octanol–water partition coefficient (Wildman–Crippen LogP) is 8.14. The lowest BCUT2D eigenvalue weighted by molar-refractivity contribution is 0.589. The van der Waals surface area contributed by atoms with Crippen molar-refractivity contribution in [2.75, 3.05) is 5.01 Å². The summed E-state index contributed by atoms with van der Waals surface area (Å²) in [7, 11) is 0. The molecule has 1 N–H and O–H groups in total. The Labute approximate surface area is 219 Å². The zero-order chi connectivity index (χ0) is 25.1. The molecule has 0 amide bonds. The lowest BCUT2D eigenvalue weighted by Crippen LogP contribution is -2.33. The number of anilines is 1. The highest BCUT2D eigenvalue weighted by Gasteiger charge is 2.27. The minimum absolute atomic E-state index is 0.0841. The summed E-state index contributed by atoms with van der Waals surface area (Å²) in [5.74, 6) is 6.44. The molecule has 1 atom stereocenters. The molecular formula is C33H29ClN2. The average Bonchev–Trinajstić information content (AvgIpc) is 3.34. The van der Waals surface area contributed by atoms with Crippen LogP contribution in [-0.2, 0) is 5.41 Å². The molecule has 4 aromatic rings. The van der Waals surface area contributed by atoms with Crippen LogP contribution in [0, 0.1) is 11.8 Å². The quantitative estimate of drug-likeness (QED) is 0.293. The van der Waals surface area contributed by atoms with Crippen LogP contribution >= 0.6 is 11.6 Å². The third-order valence-electron chi connectivity index (χ3n) is 6.39. The molecule has 36 heavy (non-hydrogen) atoms. The van der Waals surface area contributed by atoms with Gasteiger partial charge in [-0.25, -0.2) is 0 Å². The SMILES string of the molecule is CC(C)(C)c1ccc(C2C=C(c3ccc(C#Cc4ccc(Cl)cc4)cc3)NN2c2ccccc2)cc1. The summed E-state index contributed by atoms with van der Waals surface area (Å²) >= 11 is 5.97. The molecule has 1 aliphatic rings. The number of hydrazine groups is 1. The molecule has 5 rings (SSSR count). The van der Waals surface area contributed by atoms with Crippen molar-refractivity contribution in [3.8, 4) is 11.8 Å². The predicted molar refractivity (Wildman–Crippen MR) is 152 cm³/mol. The van der Waals surface area contributed by atoms with E-state index < -0.39 is 0 Å². The number of benzene rings is 4. The fraction of sp³-hybridized carbons (Fsp3) is 0.152. The molecule has 0 fully saturated rings. The summed E-state index contributed by atoms with van der Waals surface area (Å²) in [6.45, 7) is 6.74. The number of nitrogens with one attached hydrogen (secondary N) is 1. The largest absolute Gasteiger partial charge is 0.297 e. The Balaban J connectivity index is 1.42. The fourth-order valence-corrected chi connectivity index (χ4v) is 4.41. The molecule has 0 saturated heterocycles. The van der Waals surface area contributed by atoms with Gasteiger partial charge in [-0.1, -0.05) is 98.8 Å². The van der Waals surface area contributed by atoms with Crippen molar-refractivity contribution >= 4 is 23.0 Å². The van der Waals surface area contributed by atoms with Gasteiger partial charge in [-0.05, 0) is 76.7 Å². The van der Waals surface area contributed by atoms with Gasteiger partial charge < -0.3 is 0 Å². The first-order chi connectivity index (χ1) is 17.4. The molecule has 4 aromatic carbocycles. The maximum Gasteiger partial charge on any atom is 0.0958 e. The lowest BCUT2D eigenvalue weighted by atomic mass is 9.86. The topological polar surface area (TPSA) is 15.3 Å². The number of rotatable bonds is 3. The Morgan fingerprint density at radius 3 is 1.89 bits per heavy atom. The molecule has 0 aliphatic carbocycles. The van der Waals surface area contributed by atoms with E-state index in [4.69, 9.17) is 11.6 Å². The van der Waals surface area contributed by atoms with Gasteiger partial charge in [-0.3, -0.25) is 10.4 Å². The van der Waals surface area contributed by atoms with E-state index in [0.29, 0.717) is 0 Å². The van der Waals surface area contributed by atoms with Gasteiger partial charge in [-0.2, -0.15) is 0 Å². The summed E-state index contributed by atoms with van der Waals surface area (Å²) in [4.78, 5) is 0. The van der Waals surface area contributed by atoms with Gasteiger partial charge in [0.05, 0.1) is 17.4 Å². The second-order valence-corrected chi connectivity index (χ2v) is 10.5. The van der Waals surface area contributed by atoms with Gasteiger partial charge >= 0.3 is 0 Å². The van der Waals surface area contributed by atoms with Crippen molar-refractivity contribution in [1.29, 1.82) is 0 Å². The molecule has 178 valence electrons. The van der Waals surface area contributed by atoms with Crippen LogP contribution in [0.4, 0.5) is 5.69 Å². The Hall–Kier alpha value is -3.93. The minimum atomic E-state index is 0.0841. The Morgan fingerprint density at radius 2 is 1.31 bits per heavy atom. The Morgan fingerprint density at radius 1 is 0.722 bits per heavy atom. The molecule has 0 aromatic heterocycles. The molecule has 1 unspecified atom stereocenters. The molecule has 3 heteroatoms. The summed E-state index contributed by atoms with van der Waals surface area (Å²) in [6.07, 6.45) is 2.30. The van der Waals surface area contributed by atoms with Gasteiger partial charge in [0.15, 0.2) is 0 Å². The molecule has 0 saturated carbocycles. The van der Waals surface area contributed by atoms with E-state index in [-0.39, 0.29) is 11.5 Å². The summed E-state index contributed by atoms with van der Waals surface area (Å²) in [5, 5.41) is 2.95. The monoisotopic (exact) mass is 488 g/mol. The molecular weight excluding hydrogens is 460 g/mol. The van der Waals surface area contributed by atoms with Gasteiger partial charge in [0, 0.05) is 16.1 Å². The van der Waals surface area contributed by atoms with Gasteiger partial charge in [0.2, 0.25) is 0 Å². The first-order valence-corrected chi connectivity index (χ1v) is 12.6. The average molecular weight is 489 g/mol. The third-order valence-corrected chi connectivity index (χ3v) is 6.64. The van der Waals surface area contributed by atoms with E-state index in [0.717, 1.165) is 33.1 Å². The molecule has 0 bridgehead atoms. The number of hydrogen-bond acceptors (Lipinski definition) is 2. The second-order valence-electron chi connectivity index (χ2n) is 10.0. The highest BCUT2D eigenvalue weighted by atomic mass is 35.5. The molecule has 1 heterocycles. The molecule has 0 spiro atoms. The molecule has 1 aliphatic heterocycles. The van der Waals surface area contributed by atoms with Gasteiger partial charge in [0.25, 0.3) is 0 Å². The molecule has 0 radical (unpaired) electrons. The Kier molecular flexibility index (Phi) is 6.59. The highest BCUT2D eigenvalue weighted by Crippen LogP contribution is 2.35. The smallest absolute Gasteiger partial charge is 0.0958 e. The van der Waals surface area contributed by atoms with Gasteiger partial charge in [-0.15, -0.1) is 0 Å². The van der Waals surface area contributed by atoms with Crippen LogP contribution < -0.4 is 10.4 Å². The number of halogens is 1. The minimum Gasteiger partial charge on any atom is -0.297 e. The van der Waals surface area contributed by atoms with E-state index in [1.54, 1.807) is 0 Å². The van der Waals surface area contributed by atoms with Crippen molar-refractivity contribution in [3.05, 3.63) is 142 Å². The first kappa shape index (κ1) is 23.8. The maximum atomic E-state index is 5.97. The zero-order valence-electron chi connectivity index (χ0n) is 20.8. The van der Waals surface area contributed by atoms with Crippen molar-refractivity contribution in [2.24, 2.45) is 0 Å². The third kappa shape index (κ3) is 5.33. The Bertz CT molecular complexity index is 1420. The van der Waals surface area contributed by atoms with E-state index >= 15 is 0 Å². The molecule has 2 nitrogen and oxygen atoms in total. The zero-order valence-corrected chi connectivity index (χ0v) is 21.6. The van der Waals surface area contributed by atoms with Crippen molar-refractivity contribution in [2.45, 2.75) is 32.2 Å². The number of para-hydroxylation sites is 1. The summed E-state index contributed by atoms with van der Waals surface area (Å²) in [6, 6.07) is 35.5. The van der Waals surface area contributed by atoms with Crippen molar-refractivity contribution in [1.82, 2.24) is 5.43 Å². The van der Waals surface area contributed by atoms with Crippen LogP contribution in [0.15, 0.2) is 109 Å². The van der Waals surface area contributed by atoms with Crippen LogP contribution in [-0.4, -0.2) is 0 Å². The van der Waals surface area contributed by atoms with Gasteiger partial charge in [0.1, 0.15) is 0 Å². The van der Waals surface area contributed by atoms with Crippen LogP contribution in [0.1, 0.15) is 54.6 Å². The van der Waals surface area contributed by atoms with Crippen molar-refractivity contribution in [3.63, 3.8) is 0 Å². The highest BCUT2D eigenvalue weighted by molar-refractivity contribution is 6.30. The van der Waals surface area contributed by atoms with Crippen LogP contribution in [0.2, 0.25) is 5.02 Å². The van der Waals surface area contributed by atoms with Crippen LogP contribution in [0.25, 0.3) is 5.70 Å². The van der Waals surface area contributed by atoms with Crippen LogP contribution in [0.3, 0.4) is 0 Å². The second kappa shape index (κ2) is 9.97. The lowest BCUT2D eigenvalue weighted by Gasteiger charge is -2.28. The van der Waals surface area contributed by atoms with E-state index in [2.05, 4.69) is 122 Å². The van der Waals surface area contributed by atoms with Crippen molar-refractivity contribution < 1.29 is 0 Å². The fourth-order valence-electron chi connectivity index (χ4n) is 4.28. The maximum absolute atomic E-state index is 5.97. The van der Waals surface area contributed by atoms with E-state index in [1.807, 2.05) is 30.3 Å². The van der Waals surface area contributed by atoms with Crippen LogP contribution in [0.5, 0.6) is 0 Å². The summed E-state index contributed by atoms with van der Waals surface area (Å²) < 4.78 is 0. The summed E-state index contributed by atoms with van der Waals surface area (Å²) in [5.41, 5.74) is 11.6. The number of nitrogens with zero attached hydrogens (tertiary/aromatic N) is 1. The van der Waals surface area contributed by atoms with E-state index in [1.165, 1.54) is 11.1 Å². The van der Waals surface area contributed by atoms with E-state index in [9.17, 15) is 0 Å².